The molecule has 0 aromatic rings. The molecule has 0 rings (SSSR count). The summed E-state index contributed by atoms with van der Waals surface area (Å²) >= 11 is 0. The summed E-state index contributed by atoms with van der Waals surface area (Å²) in [5, 5.41) is 0. The van der Waals surface area contributed by atoms with Crippen molar-refractivity contribution in [3.63, 3.8) is 0 Å². The second-order valence-electron chi connectivity index (χ2n) is 0. The Hall–Kier alpha value is 7.41. The van der Waals surface area contributed by atoms with Crippen molar-refractivity contribution in [3.05, 3.63) is 0 Å². The standard InChI is InChI=1S/4K.S.Se/q4*+1;2*-2. The predicted molar refractivity (Wildman–Crippen MR) is 13.1 cm³/mol. The summed E-state index contributed by atoms with van der Waals surface area (Å²) in [6, 6.07) is 0. The van der Waals surface area contributed by atoms with Gasteiger partial charge >= 0.3 is 206 Å². The number of rotatable bonds is 0. The molecule has 0 fully saturated rings. The fourth-order valence-electron chi connectivity index (χ4n) is 0. The molecule has 0 amide bonds. The zero-order valence-corrected chi connectivity index (χ0v) is 19.8. The second-order valence-corrected chi connectivity index (χ2v) is 0. The van der Waals surface area contributed by atoms with Gasteiger partial charge in [0.25, 0.3) is 0 Å². The molecule has 0 bridgehead atoms. The van der Waals surface area contributed by atoms with E-state index in [1.54, 1.807) is 0 Å². The van der Waals surface area contributed by atoms with E-state index in [2.05, 4.69) is 0 Å². The van der Waals surface area contributed by atoms with Crippen LogP contribution in [0.3, 0.4) is 0 Å². The van der Waals surface area contributed by atoms with Gasteiger partial charge in [0.15, 0.2) is 0 Å². The second kappa shape index (κ2) is 29.4. The molecule has 0 heterocycles. The van der Waals surface area contributed by atoms with Crippen LogP contribution in [0.15, 0.2) is 0 Å². The van der Waals surface area contributed by atoms with Crippen LogP contribution in [0.2, 0.25) is 0 Å². The van der Waals surface area contributed by atoms with Crippen LogP contribution in [-0.4, -0.2) is 17.1 Å². The maximum atomic E-state index is 0. The Bertz CT molecular complexity index is 7.51. The van der Waals surface area contributed by atoms with E-state index in [0.29, 0.717) is 0 Å². The Kier molecular flexibility index (Phi) is 184. The van der Waals surface area contributed by atoms with Gasteiger partial charge in [-0.2, -0.15) is 0 Å². The van der Waals surface area contributed by atoms with Crippen LogP contribution in [0, 0.1) is 0 Å². The first-order valence-electron chi connectivity index (χ1n) is 0. The molecule has 0 aliphatic carbocycles. The summed E-state index contributed by atoms with van der Waals surface area (Å²) in [7, 11) is 0. The van der Waals surface area contributed by atoms with Crippen LogP contribution in [-0.2, 0) is 13.5 Å². The fourth-order valence-corrected chi connectivity index (χ4v) is 0. The normalized spacial score (nSPS) is 0. The Morgan fingerprint density at radius 2 is 0.500 bits per heavy atom. The molecule has 0 nitrogen and oxygen atoms in total. The van der Waals surface area contributed by atoms with Crippen LogP contribution in [0.5, 0.6) is 0 Å². The molecule has 6 heavy (non-hydrogen) atoms. The van der Waals surface area contributed by atoms with E-state index in [4.69, 9.17) is 0 Å². The van der Waals surface area contributed by atoms with E-state index >= 15 is 0 Å². The molecule has 0 saturated heterocycles. The molecule has 0 unspecified atom stereocenters. The summed E-state index contributed by atoms with van der Waals surface area (Å²) in [6.45, 7) is 0. The molecule has 0 aromatic carbocycles. The predicted octanol–water partition coefficient (Wildman–Crippen LogP) is -12.4. The maximum Gasteiger partial charge on any atom is 1.00 e. The summed E-state index contributed by atoms with van der Waals surface area (Å²) in [5.74, 6) is 0. The molecule has 6 heteroatoms. The average Bonchev–Trinajstić information content (AvgIpc) is 0. The van der Waals surface area contributed by atoms with Crippen molar-refractivity contribution in [2.75, 3.05) is 0 Å². The molecule has 0 atom stereocenters. The molecule has 0 spiro atoms. The Labute approximate surface area is 227 Å². The zero-order chi connectivity index (χ0) is 0. The molecule has 0 N–H and O–H groups in total. The van der Waals surface area contributed by atoms with Gasteiger partial charge in [-0.05, 0) is 0 Å². The smallest absolute Gasteiger partial charge is 1.00 e. The molecule has 0 radical (unpaired) electrons. The zero-order valence-electron chi connectivity index (χ0n) is 4.82. The third-order valence-corrected chi connectivity index (χ3v) is 0. The first-order valence-corrected chi connectivity index (χ1v) is 0. The number of hydrogen-bond donors (Lipinski definition) is 0. The van der Waals surface area contributed by atoms with Crippen molar-refractivity contribution in [1.82, 2.24) is 0 Å². The van der Waals surface area contributed by atoms with E-state index < -0.39 is 0 Å². The molecule has 16 valence electrons. The Morgan fingerprint density at radius 3 is 0.500 bits per heavy atom. The maximum absolute atomic E-state index is 0. The molecule has 0 saturated carbocycles. The summed E-state index contributed by atoms with van der Waals surface area (Å²) in [6.07, 6.45) is 0. The van der Waals surface area contributed by atoms with Gasteiger partial charge < -0.3 is 30.6 Å². The largest absolute Gasteiger partial charge is 2.00 e. The fraction of sp³-hybridized carbons (Fsp3) is 0. The SMILES string of the molecule is [K+].[K+].[K+].[K+].[S-2].[Se-2]. The third kappa shape index (κ3) is 22.5. The van der Waals surface area contributed by atoms with Crippen molar-refractivity contribution in [3.8, 4) is 0 Å². The van der Waals surface area contributed by atoms with Gasteiger partial charge in [-0.3, -0.25) is 0 Å². The first-order chi connectivity index (χ1) is 0. The monoisotopic (exact) mass is 268 g/mol. The van der Waals surface area contributed by atoms with Gasteiger partial charge in [0.05, 0.1) is 0 Å². The van der Waals surface area contributed by atoms with E-state index in [1.807, 2.05) is 0 Å². The van der Waals surface area contributed by atoms with Crippen molar-refractivity contribution < 1.29 is 206 Å². The van der Waals surface area contributed by atoms with Gasteiger partial charge in [-0.1, -0.05) is 0 Å². The van der Waals surface area contributed by atoms with Crippen molar-refractivity contribution >= 4 is 30.6 Å². The van der Waals surface area contributed by atoms with Crippen LogP contribution in [0.1, 0.15) is 0 Å². The molecular formula is K4SSe. The minimum atomic E-state index is 0. The van der Waals surface area contributed by atoms with Crippen LogP contribution >= 0.6 is 0 Å². The summed E-state index contributed by atoms with van der Waals surface area (Å²) in [5.41, 5.74) is 0. The van der Waals surface area contributed by atoms with Crippen molar-refractivity contribution in [2.24, 2.45) is 0 Å². The van der Waals surface area contributed by atoms with Crippen LogP contribution in [0.25, 0.3) is 0 Å². The Morgan fingerprint density at radius 1 is 0.500 bits per heavy atom. The molecule has 0 aliphatic rings. The minimum absolute atomic E-state index is 0. The van der Waals surface area contributed by atoms with Gasteiger partial charge in [0.1, 0.15) is 0 Å². The van der Waals surface area contributed by atoms with E-state index in [0.717, 1.165) is 0 Å². The first kappa shape index (κ1) is 37.6. The van der Waals surface area contributed by atoms with Gasteiger partial charge in [-0.15, -0.1) is 0 Å². The summed E-state index contributed by atoms with van der Waals surface area (Å²) < 4.78 is 0. The van der Waals surface area contributed by atoms with Gasteiger partial charge in [0, 0.05) is 0 Å². The Balaban J connectivity index is 0. The van der Waals surface area contributed by atoms with Crippen LogP contribution in [0.4, 0.5) is 0 Å². The summed E-state index contributed by atoms with van der Waals surface area (Å²) in [4.78, 5) is 0. The van der Waals surface area contributed by atoms with E-state index in [1.165, 1.54) is 0 Å². The quantitative estimate of drug-likeness (QED) is 0.383. The topological polar surface area (TPSA) is 0 Å². The molecule has 0 aliphatic heterocycles. The minimum Gasteiger partial charge on any atom is -2.00 e. The molecular weight excluding hydrogens is 267 g/mol. The van der Waals surface area contributed by atoms with E-state index in [-0.39, 0.29) is 236 Å². The van der Waals surface area contributed by atoms with Gasteiger partial charge in [-0.25, -0.2) is 0 Å². The average molecular weight is 267 g/mol. The van der Waals surface area contributed by atoms with Crippen molar-refractivity contribution in [2.45, 2.75) is 0 Å². The van der Waals surface area contributed by atoms with Crippen LogP contribution < -0.4 is 206 Å². The van der Waals surface area contributed by atoms with Gasteiger partial charge in [0.2, 0.25) is 0 Å². The molecule has 0 aromatic heterocycles. The third-order valence-electron chi connectivity index (χ3n) is 0. The number of hydrogen-bond acceptors (Lipinski definition) is 0. The van der Waals surface area contributed by atoms with E-state index in [9.17, 15) is 0 Å². The van der Waals surface area contributed by atoms with Crippen molar-refractivity contribution in [1.29, 1.82) is 0 Å².